The van der Waals surface area contributed by atoms with E-state index in [1.165, 1.54) is 12.1 Å². The van der Waals surface area contributed by atoms with Gasteiger partial charge in [0.25, 0.3) is 0 Å². The highest BCUT2D eigenvalue weighted by Crippen LogP contribution is 2.39. The minimum Gasteiger partial charge on any atom is -0.367 e. The molecule has 5 rings (SSSR count). The number of amides is 2. The van der Waals surface area contributed by atoms with Crippen molar-refractivity contribution >= 4 is 29.0 Å². The standard InChI is InChI=1S/C29H37F4N7O2/c1-17-15-40(16-18(2)38(17)3)25-12-23(30)20(19-4-5-26(35-13-19)39-8-6-34-7-9-39)10-24(25)37-28(42)21-14-36-27(41)11-22(21)29(31,32)33/h4-5,10,12-13,17-18,21-22,34H,6-9,11,14-16H2,1-3H3,(H,36,41)(H,37,42)/t17-,18+,21?,22?. The van der Waals surface area contributed by atoms with Gasteiger partial charge in [-0.1, -0.05) is 0 Å². The van der Waals surface area contributed by atoms with Crippen molar-refractivity contribution in [3.63, 3.8) is 0 Å². The molecule has 3 aliphatic heterocycles. The normalized spacial score (nSPS) is 25.7. The highest BCUT2D eigenvalue weighted by Gasteiger charge is 2.50. The summed E-state index contributed by atoms with van der Waals surface area (Å²) < 4.78 is 57.2. The lowest BCUT2D eigenvalue weighted by atomic mass is 9.84. The number of anilines is 3. The summed E-state index contributed by atoms with van der Waals surface area (Å²) in [5, 5.41) is 8.35. The number of hydrogen-bond acceptors (Lipinski definition) is 7. The third-order valence-electron chi connectivity index (χ3n) is 8.71. The van der Waals surface area contributed by atoms with Crippen LogP contribution in [0.15, 0.2) is 30.5 Å². The molecule has 42 heavy (non-hydrogen) atoms. The molecule has 3 saturated heterocycles. The maximum absolute atomic E-state index is 15.8. The molecule has 0 bridgehead atoms. The summed E-state index contributed by atoms with van der Waals surface area (Å²) in [7, 11) is 2.00. The van der Waals surface area contributed by atoms with Gasteiger partial charge in [-0.3, -0.25) is 14.5 Å². The number of piperidine rings is 1. The molecule has 3 N–H and O–H groups in total. The zero-order valence-electron chi connectivity index (χ0n) is 24.0. The second-order valence-electron chi connectivity index (χ2n) is 11.5. The zero-order chi connectivity index (χ0) is 30.2. The van der Waals surface area contributed by atoms with E-state index in [0.29, 0.717) is 24.3 Å². The van der Waals surface area contributed by atoms with E-state index in [1.54, 1.807) is 12.3 Å². The fourth-order valence-electron chi connectivity index (χ4n) is 6.00. The van der Waals surface area contributed by atoms with Crippen LogP contribution in [0, 0.1) is 17.7 Å². The summed E-state index contributed by atoms with van der Waals surface area (Å²) in [5.74, 6) is -5.02. The van der Waals surface area contributed by atoms with Gasteiger partial charge in [-0.05, 0) is 45.2 Å². The van der Waals surface area contributed by atoms with Gasteiger partial charge in [-0.25, -0.2) is 9.37 Å². The third-order valence-corrected chi connectivity index (χ3v) is 8.71. The molecule has 2 aromatic rings. The number of rotatable bonds is 5. The van der Waals surface area contributed by atoms with Gasteiger partial charge in [0.05, 0.1) is 23.2 Å². The Hall–Kier alpha value is -3.45. The molecule has 3 fully saturated rings. The second-order valence-corrected chi connectivity index (χ2v) is 11.5. The van der Waals surface area contributed by atoms with Crippen molar-refractivity contribution in [2.24, 2.45) is 11.8 Å². The van der Waals surface area contributed by atoms with Crippen LogP contribution in [0.5, 0.6) is 0 Å². The molecule has 0 aliphatic carbocycles. The summed E-state index contributed by atoms with van der Waals surface area (Å²) in [6.07, 6.45) is -3.98. The number of piperazine rings is 2. The SMILES string of the molecule is C[C@@H]1CN(c2cc(F)c(-c3ccc(N4CCNCC4)nc3)cc2NC(=O)C2CNC(=O)CC2C(F)(F)F)C[C@H](C)N1C. The summed E-state index contributed by atoms with van der Waals surface area (Å²) in [6.45, 7) is 7.99. The van der Waals surface area contributed by atoms with Crippen LogP contribution in [-0.2, 0) is 9.59 Å². The Bertz CT molecular complexity index is 1290. The lowest BCUT2D eigenvalue weighted by Gasteiger charge is -2.44. The van der Waals surface area contributed by atoms with Crippen LogP contribution in [0.4, 0.5) is 34.8 Å². The Labute approximate surface area is 242 Å². The van der Waals surface area contributed by atoms with Crippen molar-refractivity contribution in [2.45, 2.75) is 38.5 Å². The number of pyridine rings is 1. The van der Waals surface area contributed by atoms with Crippen LogP contribution >= 0.6 is 0 Å². The first-order chi connectivity index (χ1) is 19.9. The van der Waals surface area contributed by atoms with Gasteiger partial charge in [0.1, 0.15) is 11.6 Å². The van der Waals surface area contributed by atoms with Gasteiger partial charge < -0.3 is 25.8 Å². The second kappa shape index (κ2) is 12.0. The number of carbonyl (C=O) groups excluding carboxylic acids is 2. The molecule has 0 radical (unpaired) electrons. The molecular formula is C29H37F4N7O2. The van der Waals surface area contributed by atoms with E-state index in [9.17, 15) is 22.8 Å². The monoisotopic (exact) mass is 591 g/mol. The molecule has 4 heterocycles. The molecule has 4 atom stereocenters. The molecule has 2 unspecified atom stereocenters. The highest BCUT2D eigenvalue weighted by molar-refractivity contribution is 5.98. The Morgan fingerprint density at radius 3 is 2.38 bits per heavy atom. The molecule has 0 spiro atoms. The van der Waals surface area contributed by atoms with Crippen molar-refractivity contribution in [2.75, 3.05) is 68.0 Å². The molecule has 0 saturated carbocycles. The number of aromatic nitrogens is 1. The maximum atomic E-state index is 15.8. The van der Waals surface area contributed by atoms with Gasteiger partial charge in [-0.15, -0.1) is 0 Å². The van der Waals surface area contributed by atoms with Gasteiger partial charge in [-0.2, -0.15) is 13.2 Å². The molecule has 228 valence electrons. The minimum absolute atomic E-state index is 0.116. The Morgan fingerprint density at radius 2 is 1.76 bits per heavy atom. The first-order valence-corrected chi connectivity index (χ1v) is 14.3. The van der Waals surface area contributed by atoms with E-state index in [-0.39, 0.29) is 23.3 Å². The molecule has 13 heteroatoms. The highest BCUT2D eigenvalue weighted by atomic mass is 19.4. The number of alkyl halides is 3. The number of hydrogen-bond donors (Lipinski definition) is 3. The largest absolute Gasteiger partial charge is 0.393 e. The predicted molar refractivity (Wildman–Crippen MR) is 153 cm³/mol. The smallest absolute Gasteiger partial charge is 0.367 e. The van der Waals surface area contributed by atoms with Crippen LogP contribution in [0.1, 0.15) is 20.3 Å². The zero-order valence-corrected chi connectivity index (χ0v) is 24.0. The van der Waals surface area contributed by atoms with Gasteiger partial charge in [0.15, 0.2) is 0 Å². The fraction of sp³-hybridized carbons (Fsp3) is 0.552. The molecule has 2 amide bonds. The molecule has 3 aliphatic rings. The summed E-state index contributed by atoms with van der Waals surface area (Å²) in [5.41, 5.74) is 1.26. The fourth-order valence-corrected chi connectivity index (χ4v) is 6.00. The van der Waals surface area contributed by atoms with E-state index in [0.717, 1.165) is 32.0 Å². The number of nitrogens with zero attached hydrogens (tertiary/aromatic N) is 4. The minimum atomic E-state index is -4.73. The van der Waals surface area contributed by atoms with E-state index in [2.05, 4.69) is 30.7 Å². The topological polar surface area (TPSA) is 92.8 Å². The first-order valence-electron chi connectivity index (χ1n) is 14.3. The quantitative estimate of drug-likeness (QED) is 0.461. The Kier molecular flexibility index (Phi) is 8.61. The number of nitrogens with one attached hydrogen (secondary N) is 3. The van der Waals surface area contributed by atoms with E-state index in [4.69, 9.17) is 0 Å². The van der Waals surface area contributed by atoms with Gasteiger partial charge in [0.2, 0.25) is 11.8 Å². The van der Waals surface area contributed by atoms with E-state index in [1.807, 2.05) is 31.9 Å². The van der Waals surface area contributed by atoms with Crippen molar-refractivity contribution in [3.8, 4) is 11.1 Å². The van der Waals surface area contributed by atoms with Crippen LogP contribution in [0.25, 0.3) is 11.1 Å². The van der Waals surface area contributed by atoms with Crippen molar-refractivity contribution in [1.82, 2.24) is 20.5 Å². The van der Waals surface area contributed by atoms with E-state index < -0.39 is 48.6 Å². The predicted octanol–water partition coefficient (Wildman–Crippen LogP) is 3.08. The maximum Gasteiger partial charge on any atom is 0.393 e. The number of carbonyl (C=O) groups is 2. The summed E-state index contributed by atoms with van der Waals surface area (Å²) >= 11 is 0. The number of halogens is 4. The van der Waals surface area contributed by atoms with E-state index >= 15 is 4.39 Å². The average Bonchev–Trinajstić information content (AvgIpc) is 2.96. The molecule has 9 nitrogen and oxygen atoms in total. The average molecular weight is 592 g/mol. The summed E-state index contributed by atoms with van der Waals surface area (Å²) in [4.78, 5) is 36.0. The van der Waals surface area contributed by atoms with Crippen molar-refractivity contribution < 1.29 is 27.2 Å². The lowest BCUT2D eigenvalue weighted by molar-refractivity contribution is -0.197. The number of likely N-dealkylation sites (N-methyl/N-ethyl adjacent to an activating group) is 1. The molecular weight excluding hydrogens is 554 g/mol. The van der Waals surface area contributed by atoms with Crippen LogP contribution in [-0.4, -0.2) is 92.8 Å². The number of benzene rings is 1. The summed E-state index contributed by atoms with van der Waals surface area (Å²) in [6, 6.07) is 6.61. The van der Waals surface area contributed by atoms with Crippen molar-refractivity contribution in [3.05, 3.63) is 36.3 Å². The first kappa shape index (κ1) is 30.0. The molecule has 1 aromatic heterocycles. The third kappa shape index (κ3) is 6.31. The Morgan fingerprint density at radius 1 is 1.07 bits per heavy atom. The van der Waals surface area contributed by atoms with Gasteiger partial charge in [0, 0.05) is 81.6 Å². The molecule has 1 aromatic carbocycles. The van der Waals surface area contributed by atoms with Crippen LogP contribution in [0.3, 0.4) is 0 Å². The lowest BCUT2D eigenvalue weighted by Crippen LogP contribution is -2.55. The van der Waals surface area contributed by atoms with Crippen LogP contribution < -0.4 is 25.8 Å². The van der Waals surface area contributed by atoms with Gasteiger partial charge >= 0.3 is 6.18 Å². The van der Waals surface area contributed by atoms with Crippen molar-refractivity contribution in [1.29, 1.82) is 0 Å². The Balaban J connectivity index is 1.49. The van der Waals surface area contributed by atoms with Crippen LogP contribution in [0.2, 0.25) is 0 Å².